The van der Waals surface area contributed by atoms with E-state index in [-0.39, 0.29) is 34.7 Å². The minimum Gasteiger partial charge on any atom is -0.504 e. The zero-order chi connectivity index (χ0) is 29.9. The number of carbonyl (C=O) groups excluding carboxylic acids is 2. The first-order chi connectivity index (χ1) is 20.2. The third-order valence-corrected chi connectivity index (χ3v) is 8.32. The zero-order valence-electron chi connectivity index (χ0n) is 23.0. The first-order valence-electron chi connectivity index (χ1n) is 13.6. The number of phenolic OH excluding ortho intramolecular Hbond substituents is 1. The van der Waals surface area contributed by atoms with Crippen molar-refractivity contribution in [1.82, 2.24) is 20.3 Å². The van der Waals surface area contributed by atoms with Gasteiger partial charge in [0.25, 0.3) is 0 Å². The second kappa shape index (κ2) is 12.2. The molecule has 2 amide bonds. The van der Waals surface area contributed by atoms with Crippen LogP contribution in [0.3, 0.4) is 0 Å². The number of hydrogen-bond acceptors (Lipinski definition) is 8. The van der Waals surface area contributed by atoms with Gasteiger partial charge in [0.2, 0.25) is 21.8 Å². The Hall–Kier alpha value is -4.49. The van der Waals surface area contributed by atoms with E-state index in [9.17, 15) is 23.1 Å². The number of methoxy groups -OCH3 is 1. The fourth-order valence-electron chi connectivity index (χ4n) is 5.29. The molecule has 1 aliphatic rings. The Morgan fingerprint density at radius 3 is 2.48 bits per heavy atom. The van der Waals surface area contributed by atoms with Crippen molar-refractivity contribution in [3.05, 3.63) is 72.3 Å². The van der Waals surface area contributed by atoms with Crippen LogP contribution in [-0.4, -0.2) is 53.5 Å². The molecule has 0 saturated heterocycles. The summed E-state index contributed by atoms with van der Waals surface area (Å²) >= 11 is 0. The minimum atomic E-state index is -4.00. The second-order valence-electron chi connectivity index (χ2n) is 10.2. The van der Waals surface area contributed by atoms with Crippen LogP contribution < -0.4 is 20.1 Å². The number of nitrogens with zero attached hydrogens (tertiary/aromatic N) is 4. The summed E-state index contributed by atoms with van der Waals surface area (Å²) in [7, 11) is -2.59. The third kappa shape index (κ3) is 6.21. The van der Waals surface area contributed by atoms with Gasteiger partial charge in [-0.05, 0) is 66.9 Å². The van der Waals surface area contributed by atoms with E-state index in [1.54, 1.807) is 24.3 Å². The number of para-hydroxylation sites is 1. The highest BCUT2D eigenvalue weighted by atomic mass is 32.2. The molecule has 0 bridgehead atoms. The van der Waals surface area contributed by atoms with Crippen LogP contribution in [-0.2, 0) is 26.2 Å². The van der Waals surface area contributed by atoms with Gasteiger partial charge >= 0.3 is 0 Å². The highest BCUT2D eigenvalue weighted by Crippen LogP contribution is 2.35. The molecule has 4 N–H and O–H groups in total. The first-order valence-corrected chi connectivity index (χ1v) is 15.1. The molecule has 1 saturated carbocycles. The lowest BCUT2D eigenvalue weighted by Gasteiger charge is -2.33. The Balaban J connectivity index is 1.61. The number of carbonyl (C=O) groups is 2. The Morgan fingerprint density at radius 2 is 1.81 bits per heavy atom. The Labute approximate surface area is 243 Å². The fourth-order valence-corrected chi connectivity index (χ4v) is 5.81. The van der Waals surface area contributed by atoms with E-state index in [2.05, 4.69) is 15.6 Å². The standard InChI is InChI=1S/C29H32N6O6S/c1-41-26-16-11-19(17-25(26)36)28(29(38)31-20-7-3-2-4-8-20)35(21-12-14-22(15-13-21)42(30,39)40)27(37)18-34-24-10-6-5-9-23(24)32-33-34/h5-6,9-17,20,28,36H,2-4,7-8,18H2,1H3,(H,31,38)(H2,30,39,40). The second-order valence-corrected chi connectivity index (χ2v) is 11.8. The van der Waals surface area contributed by atoms with E-state index in [1.807, 2.05) is 6.07 Å². The highest BCUT2D eigenvalue weighted by Gasteiger charge is 2.35. The van der Waals surface area contributed by atoms with E-state index in [0.717, 1.165) is 32.1 Å². The number of sulfonamides is 1. The summed E-state index contributed by atoms with van der Waals surface area (Å²) in [6.45, 7) is -0.271. The van der Waals surface area contributed by atoms with Gasteiger partial charge in [0, 0.05) is 11.7 Å². The molecule has 13 heteroatoms. The topological polar surface area (TPSA) is 170 Å². The minimum absolute atomic E-state index is 0.0680. The van der Waals surface area contributed by atoms with Crippen LogP contribution in [0.25, 0.3) is 11.0 Å². The largest absolute Gasteiger partial charge is 0.504 e. The van der Waals surface area contributed by atoms with Crippen LogP contribution in [0.5, 0.6) is 11.5 Å². The molecule has 3 aromatic carbocycles. The molecular weight excluding hydrogens is 560 g/mol. The molecule has 1 heterocycles. The van der Waals surface area contributed by atoms with Gasteiger partial charge in [-0.1, -0.05) is 42.7 Å². The van der Waals surface area contributed by atoms with Crippen molar-refractivity contribution in [3.8, 4) is 11.5 Å². The van der Waals surface area contributed by atoms with Crippen LogP contribution >= 0.6 is 0 Å². The van der Waals surface area contributed by atoms with Crippen LogP contribution in [0.2, 0.25) is 0 Å². The normalized spacial score (nSPS) is 14.8. The summed E-state index contributed by atoms with van der Waals surface area (Å²) in [4.78, 5) is 29.4. The van der Waals surface area contributed by atoms with E-state index >= 15 is 0 Å². The van der Waals surface area contributed by atoms with Gasteiger partial charge in [-0.25, -0.2) is 18.2 Å². The molecule has 1 aromatic heterocycles. The van der Waals surface area contributed by atoms with Gasteiger partial charge in [-0.15, -0.1) is 5.10 Å². The smallest absolute Gasteiger partial charge is 0.249 e. The number of ether oxygens (including phenoxy) is 1. The average Bonchev–Trinajstić information content (AvgIpc) is 3.38. The number of fused-ring (bicyclic) bond motifs is 1. The maximum atomic E-state index is 14.2. The fraction of sp³-hybridized carbons (Fsp3) is 0.310. The molecule has 1 fully saturated rings. The summed E-state index contributed by atoms with van der Waals surface area (Å²) < 4.78 is 30.5. The predicted molar refractivity (Wildman–Crippen MR) is 155 cm³/mol. The van der Waals surface area contributed by atoms with Crippen molar-refractivity contribution in [2.75, 3.05) is 12.0 Å². The molecule has 0 spiro atoms. The van der Waals surface area contributed by atoms with Crippen LogP contribution in [0.4, 0.5) is 5.69 Å². The lowest BCUT2D eigenvalue weighted by molar-refractivity contribution is -0.127. The quantitative estimate of drug-likeness (QED) is 0.266. The Bertz CT molecular complexity index is 1700. The zero-order valence-corrected chi connectivity index (χ0v) is 23.8. The van der Waals surface area contributed by atoms with Gasteiger partial charge in [0.1, 0.15) is 18.1 Å². The van der Waals surface area contributed by atoms with Crippen LogP contribution in [0, 0.1) is 0 Å². The monoisotopic (exact) mass is 592 g/mol. The average molecular weight is 593 g/mol. The number of anilines is 1. The molecule has 5 rings (SSSR count). The SMILES string of the molecule is COc1ccc(C(C(=O)NC2CCCCC2)N(C(=O)Cn2nnc3ccccc32)c2ccc(S(N)(=O)=O)cc2)cc1O. The van der Waals surface area contributed by atoms with Gasteiger partial charge in [-0.3, -0.25) is 14.5 Å². The van der Waals surface area contributed by atoms with Crippen molar-refractivity contribution in [3.63, 3.8) is 0 Å². The molecular formula is C29H32N6O6S. The lowest BCUT2D eigenvalue weighted by Crippen LogP contribution is -2.48. The number of rotatable bonds is 9. The summed E-state index contributed by atoms with van der Waals surface area (Å²) in [5.74, 6) is -0.966. The van der Waals surface area contributed by atoms with Crippen LogP contribution in [0.15, 0.2) is 71.6 Å². The molecule has 1 aliphatic carbocycles. The number of aromatic nitrogens is 3. The predicted octanol–water partition coefficient (Wildman–Crippen LogP) is 3.02. The van der Waals surface area contributed by atoms with Crippen molar-refractivity contribution in [1.29, 1.82) is 0 Å². The van der Waals surface area contributed by atoms with E-state index in [0.29, 0.717) is 16.6 Å². The number of aromatic hydroxyl groups is 1. The lowest BCUT2D eigenvalue weighted by atomic mass is 9.94. The maximum Gasteiger partial charge on any atom is 0.249 e. The number of phenols is 1. The third-order valence-electron chi connectivity index (χ3n) is 7.39. The van der Waals surface area contributed by atoms with Crippen molar-refractivity contribution < 1.29 is 27.9 Å². The van der Waals surface area contributed by atoms with Gasteiger partial charge in [0.15, 0.2) is 11.5 Å². The number of amides is 2. The molecule has 0 aliphatic heterocycles. The molecule has 42 heavy (non-hydrogen) atoms. The van der Waals surface area contributed by atoms with Gasteiger partial charge in [0.05, 0.1) is 17.5 Å². The molecule has 0 radical (unpaired) electrons. The van der Waals surface area contributed by atoms with Gasteiger partial charge < -0.3 is 15.2 Å². The maximum absolute atomic E-state index is 14.2. The molecule has 1 atom stereocenters. The number of benzene rings is 3. The van der Waals surface area contributed by atoms with Crippen molar-refractivity contribution in [2.45, 2.75) is 55.6 Å². The summed E-state index contributed by atoms with van der Waals surface area (Å²) in [6, 6.07) is 15.8. The molecule has 220 valence electrons. The molecule has 4 aromatic rings. The van der Waals surface area contributed by atoms with Gasteiger partial charge in [-0.2, -0.15) is 0 Å². The van der Waals surface area contributed by atoms with Crippen LogP contribution in [0.1, 0.15) is 43.7 Å². The summed E-state index contributed by atoms with van der Waals surface area (Å²) in [5.41, 5.74) is 1.80. The van der Waals surface area contributed by atoms with E-state index in [4.69, 9.17) is 9.88 Å². The Morgan fingerprint density at radius 1 is 1.10 bits per heavy atom. The summed E-state index contributed by atoms with van der Waals surface area (Å²) in [6.07, 6.45) is 4.68. The first kappa shape index (κ1) is 29.0. The molecule has 12 nitrogen and oxygen atoms in total. The molecule has 1 unspecified atom stereocenters. The summed E-state index contributed by atoms with van der Waals surface area (Å²) in [5, 5.41) is 27.3. The number of nitrogens with one attached hydrogen (secondary N) is 1. The number of hydrogen-bond donors (Lipinski definition) is 3. The van der Waals surface area contributed by atoms with Crippen molar-refractivity contribution in [2.24, 2.45) is 5.14 Å². The number of nitrogens with two attached hydrogens (primary N) is 1. The van der Waals surface area contributed by atoms with E-state index < -0.39 is 27.9 Å². The van der Waals surface area contributed by atoms with Crippen molar-refractivity contribution >= 4 is 38.6 Å². The number of primary sulfonamides is 1. The highest BCUT2D eigenvalue weighted by molar-refractivity contribution is 7.89. The van der Waals surface area contributed by atoms with E-state index in [1.165, 1.54) is 53.1 Å². The Kier molecular flexibility index (Phi) is 8.41.